The van der Waals surface area contributed by atoms with Crippen molar-refractivity contribution < 1.29 is 13.9 Å². The number of anilines is 1. The molecule has 3 aromatic rings. The number of rotatable bonds is 8. The normalized spacial score (nSPS) is 12.6. The van der Waals surface area contributed by atoms with Crippen molar-refractivity contribution in [2.75, 3.05) is 17.2 Å². The van der Waals surface area contributed by atoms with Crippen LogP contribution in [0.1, 0.15) is 11.4 Å². The number of fused-ring (bicyclic) bond motifs is 1. The molecule has 0 unspecified atom stereocenters. The molecule has 0 saturated heterocycles. The molecule has 30 heavy (non-hydrogen) atoms. The van der Waals surface area contributed by atoms with Crippen LogP contribution in [0, 0.1) is 5.82 Å². The van der Waals surface area contributed by atoms with Crippen molar-refractivity contribution in [3.63, 3.8) is 0 Å². The average molecular weight is 425 g/mol. The molecule has 0 spiro atoms. The SMILES string of the molecule is C=CCn1c(COc2ccccc2F)nnc1SCC(=O)N1CCc2ccccc21. The van der Waals surface area contributed by atoms with Crippen molar-refractivity contribution in [1.82, 2.24) is 14.8 Å². The second kappa shape index (κ2) is 9.13. The Labute approximate surface area is 178 Å². The Morgan fingerprint density at radius 1 is 1.20 bits per heavy atom. The summed E-state index contributed by atoms with van der Waals surface area (Å²) in [5, 5.41) is 8.96. The van der Waals surface area contributed by atoms with E-state index < -0.39 is 5.82 Å². The summed E-state index contributed by atoms with van der Waals surface area (Å²) in [6, 6.07) is 14.2. The Hall–Kier alpha value is -3.13. The van der Waals surface area contributed by atoms with Gasteiger partial charge in [-0.1, -0.05) is 48.2 Å². The third-order valence-electron chi connectivity index (χ3n) is 4.81. The average Bonchev–Trinajstić information content (AvgIpc) is 3.36. The molecule has 0 saturated carbocycles. The molecule has 0 atom stereocenters. The van der Waals surface area contributed by atoms with Crippen molar-refractivity contribution in [1.29, 1.82) is 0 Å². The van der Waals surface area contributed by atoms with Gasteiger partial charge in [-0.2, -0.15) is 0 Å². The van der Waals surface area contributed by atoms with Crippen LogP contribution in [-0.2, 0) is 24.4 Å². The number of carbonyl (C=O) groups excluding carboxylic acids is 1. The van der Waals surface area contributed by atoms with Crippen molar-refractivity contribution in [2.24, 2.45) is 0 Å². The van der Waals surface area contributed by atoms with E-state index in [1.54, 1.807) is 24.3 Å². The number of thioether (sulfide) groups is 1. The van der Waals surface area contributed by atoms with E-state index in [0.29, 0.717) is 24.1 Å². The molecule has 8 heteroatoms. The number of benzene rings is 2. The van der Waals surface area contributed by atoms with Crippen LogP contribution in [0.15, 0.2) is 66.3 Å². The van der Waals surface area contributed by atoms with Gasteiger partial charge in [0.05, 0.1) is 5.75 Å². The quantitative estimate of drug-likeness (QED) is 0.406. The van der Waals surface area contributed by atoms with Gasteiger partial charge in [-0.25, -0.2) is 4.39 Å². The number of ether oxygens (including phenoxy) is 1. The maximum Gasteiger partial charge on any atom is 0.237 e. The van der Waals surface area contributed by atoms with Gasteiger partial charge in [-0.3, -0.25) is 9.36 Å². The number of para-hydroxylation sites is 2. The number of allylic oxidation sites excluding steroid dienone is 1. The summed E-state index contributed by atoms with van der Waals surface area (Å²) in [5.41, 5.74) is 2.17. The van der Waals surface area contributed by atoms with Crippen LogP contribution < -0.4 is 9.64 Å². The van der Waals surface area contributed by atoms with Crippen LogP contribution in [0.5, 0.6) is 5.75 Å². The summed E-state index contributed by atoms with van der Waals surface area (Å²) >= 11 is 1.32. The summed E-state index contributed by atoms with van der Waals surface area (Å²) in [4.78, 5) is 14.6. The Morgan fingerprint density at radius 3 is 2.83 bits per heavy atom. The zero-order valence-electron chi connectivity index (χ0n) is 16.3. The van der Waals surface area contributed by atoms with Gasteiger partial charge < -0.3 is 9.64 Å². The minimum absolute atomic E-state index is 0.0299. The van der Waals surface area contributed by atoms with E-state index in [0.717, 1.165) is 12.1 Å². The Kier molecular flexibility index (Phi) is 6.13. The number of amides is 1. The van der Waals surface area contributed by atoms with Gasteiger partial charge in [0.1, 0.15) is 6.61 Å². The van der Waals surface area contributed by atoms with E-state index in [4.69, 9.17) is 4.74 Å². The molecule has 0 radical (unpaired) electrons. The first-order valence-electron chi connectivity index (χ1n) is 9.58. The number of aromatic nitrogens is 3. The first kappa shape index (κ1) is 20.2. The highest BCUT2D eigenvalue weighted by Gasteiger charge is 2.24. The molecule has 1 aromatic heterocycles. The summed E-state index contributed by atoms with van der Waals surface area (Å²) in [6.07, 6.45) is 2.59. The molecule has 1 aliphatic heterocycles. The molecule has 0 aliphatic carbocycles. The number of hydrogen-bond donors (Lipinski definition) is 0. The van der Waals surface area contributed by atoms with Crippen LogP contribution in [0.4, 0.5) is 10.1 Å². The highest BCUT2D eigenvalue weighted by atomic mass is 32.2. The molecule has 2 aromatic carbocycles. The van der Waals surface area contributed by atoms with E-state index in [-0.39, 0.29) is 24.0 Å². The maximum absolute atomic E-state index is 13.8. The minimum atomic E-state index is -0.432. The van der Waals surface area contributed by atoms with Crippen LogP contribution in [0.2, 0.25) is 0 Å². The van der Waals surface area contributed by atoms with Gasteiger partial charge in [-0.05, 0) is 30.2 Å². The largest absolute Gasteiger partial charge is 0.483 e. The molecule has 6 nitrogen and oxygen atoms in total. The molecule has 1 aliphatic rings. The smallest absolute Gasteiger partial charge is 0.237 e. The van der Waals surface area contributed by atoms with Crippen molar-refractivity contribution in [3.05, 3.63) is 78.4 Å². The van der Waals surface area contributed by atoms with Gasteiger partial charge in [0.15, 0.2) is 22.5 Å². The molecule has 2 heterocycles. The van der Waals surface area contributed by atoms with E-state index in [1.807, 2.05) is 27.7 Å². The number of hydrogen-bond acceptors (Lipinski definition) is 5. The lowest BCUT2D eigenvalue weighted by molar-refractivity contribution is -0.116. The second-order valence-electron chi connectivity index (χ2n) is 6.73. The lowest BCUT2D eigenvalue weighted by Gasteiger charge is -2.17. The maximum atomic E-state index is 13.8. The highest BCUT2D eigenvalue weighted by molar-refractivity contribution is 7.99. The molecule has 1 amide bonds. The fourth-order valence-electron chi connectivity index (χ4n) is 3.35. The Morgan fingerprint density at radius 2 is 2.00 bits per heavy atom. The topological polar surface area (TPSA) is 60.2 Å². The van der Waals surface area contributed by atoms with Crippen LogP contribution >= 0.6 is 11.8 Å². The minimum Gasteiger partial charge on any atom is -0.483 e. The zero-order valence-corrected chi connectivity index (χ0v) is 17.1. The predicted molar refractivity (Wildman–Crippen MR) is 114 cm³/mol. The third kappa shape index (κ3) is 4.23. The fourth-order valence-corrected chi connectivity index (χ4v) is 4.19. The molecule has 154 valence electrons. The zero-order chi connectivity index (χ0) is 20.9. The molecule has 0 fully saturated rings. The molecular formula is C22H21FN4O2S. The second-order valence-corrected chi connectivity index (χ2v) is 7.67. The molecule has 0 N–H and O–H groups in total. The van der Waals surface area contributed by atoms with E-state index in [9.17, 15) is 9.18 Å². The standard InChI is InChI=1S/C22H21FN4O2S/c1-2-12-27-20(14-29-19-10-6-4-8-17(19)23)24-25-22(27)30-15-21(28)26-13-11-16-7-3-5-9-18(16)26/h2-10H,1,11-15H2. The van der Waals surface area contributed by atoms with Gasteiger partial charge in [-0.15, -0.1) is 16.8 Å². The van der Waals surface area contributed by atoms with E-state index in [1.165, 1.54) is 23.4 Å². The van der Waals surface area contributed by atoms with E-state index in [2.05, 4.69) is 22.8 Å². The molecule has 4 rings (SSSR count). The number of nitrogens with zero attached hydrogens (tertiary/aromatic N) is 4. The lowest BCUT2D eigenvalue weighted by atomic mass is 10.2. The summed E-state index contributed by atoms with van der Waals surface area (Å²) in [6.45, 7) is 5.00. The van der Waals surface area contributed by atoms with Crippen molar-refractivity contribution in [3.8, 4) is 5.75 Å². The first-order chi connectivity index (χ1) is 14.7. The number of halogens is 1. The van der Waals surface area contributed by atoms with Gasteiger partial charge >= 0.3 is 0 Å². The molecular weight excluding hydrogens is 403 g/mol. The lowest BCUT2D eigenvalue weighted by Crippen LogP contribution is -2.30. The van der Waals surface area contributed by atoms with Crippen LogP contribution in [0.25, 0.3) is 0 Å². The van der Waals surface area contributed by atoms with Gasteiger partial charge in [0.25, 0.3) is 0 Å². The van der Waals surface area contributed by atoms with Crippen molar-refractivity contribution >= 4 is 23.4 Å². The van der Waals surface area contributed by atoms with Crippen LogP contribution in [-0.4, -0.2) is 33.0 Å². The van der Waals surface area contributed by atoms with Crippen molar-refractivity contribution in [2.45, 2.75) is 24.7 Å². The van der Waals surface area contributed by atoms with Gasteiger partial charge in [0.2, 0.25) is 5.91 Å². The summed E-state index contributed by atoms with van der Waals surface area (Å²) in [7, 11) is 0. The first-order valence-corrected chi connectivity index (χ1v) is 10.6. The summed E-state index contributed by atoms with van der Waals surface area (Å²) in [5.74, 6) is 0.542. The monoisotopic (exact) mass is 424 g/mol. The summed E-state index contributed by atoms with van der Waals surface area (Å²) < 4.78 is 21.2. The van der Waals surface area contributed by atoms with Crippen LogP contribution in [0.3, 0.4) is 0 Å². The van der Waals surface area contributed by atoms with E-state index >= 15 is 0 Å². The Balaban J connectivity index is 1.42. The highest BCUT2D eigenvalue weighted by Crippen LogP contribution is 2.29. The van der Waals surface area contributed by atoms with Gasteiger partial charge in [0, 0.05) is 18.8 Å². The number of carbonyl (C=O) groups is 1. The fraction of sp³-hybridized carbons (Fsp3) is 0.227. The Bertz CT molecular complexity index is 1070. The predicted octanol–water partition coefficient (Wildman–Crippen LogP) is 3.86. The third-order valence-corrected chi connectivity index (χ3v) is 5.76. The molecule has 0 bridgehead atoms.